The van der Waals surface area contributed by atoms with Gasteiger partial charge in [-0.2, -0.15) is 0 Å². The van der Waals surface area contributed by atoms with Gasteiger partial charge in [0.15, 0.2) is 0 Å². The summed E-state index contributed by atoms with van der Waals surface area (Å²) in [4.78, 5) is 61.7. The van der Waals surface area contributed by atoms with Gasteiger partial charge in [0, 0.05) is 25.7 Å². The molecule has 0 aliphatic carbocycles. The van der Waals surface area contributed by atoms with Gasteiger partial charge in [-0.3, -0.25) is 19.2 Å². The summed E-state index contributed by atoms with van der Waals surface area (Å²) in [6, 6.07) is -3.07. The Morgan fingerprint density at radius 3 is 2.52 bits per heavy atom. The van der Waals surface area contributed by atoms with Crippen LogP contribution in [0.1, 0.15) is 20.3 Å². The zero-order valence-electron chi connectivity index (χ0n) is 19.1. The standard InChI is InChI=1S/C22H32N4O7/c1-5-16(33-4)7-6-8-18(28)25-20(14(2)3)22(32)26-10-9-23-12-17(26)21(31)24-15(13-27)11-19(29)30/h5-8,13-15,17,20,23H,1,9-12H2,2-4H3,(H,24,31)(H,25,28)(H,29,30)/b8-6+,16-7+/t15-,17-,20-/m0/s1. The summed E-state index contributed by atoms with van der Waals surface area (Å²) in [5.74, 6) is -2.66. The van der Waals surface area contributed by atoms with E-state index in [2.05, 4.69) is 22.5 Å². The molecule has 1 fully saturated rings. The lowest BCUT2D eigenvalue weighted by atomic mass is 10.0. The quantitative estimate of drug-likeness (QED) is 0.129. The second-order valence-electron chi connectivity index (χ2n) is 7.67. The number of allylic oxidation sites excluding steroid dienone is 3. The first-order chi connectivity index (χ1) is 15.6. The van der Waals surface area contributed by atoms with E-state index in [0.29, 0.717) is 18.6 Å². The van der Waals surface area contributed by atoms with Crippen LogP contribution < -0.4 is 16.0 Å². The van der Waals surface area contributed by atoms with Crippen molar-refractivity contribution in [3.05, 3.63) is 36.6 Å². The van der Waals surface area contributed by atoms with Crippen molar-refractivity contribution >= 4 is 30.0 Å². The Hall–Kier alpha value is -3.47. The van der Waals surface area contributed by atoms with E-state index < -0.39 is 48.2 Å². The fourth-order valence-corrected chi connectivity index (χ4v) is 3.15. The maximum absolute atomic E-state index is 13.3. The number of carbonyl (C=O) groups is 5. The first-order valence-electron chi connectivity index (χ1n) is 10.5. The number of nitrogens with zero attached hydrogens (tertiary/aromatic N) is 1. The minimum atomic E-state index is -1.24. The van der Waals surface area contributed by atoms with Gasteiger partial charge in [0.2, 0.25) is 17.7 Å². The van der Waals surface area contributed by atoms with Crippen LogP contribution >= 0.6 is 0 Å². The average molecular weight is 465 g/mol. The van der Waals surface area contributed by atoms with E-state index in [1.54, 1.807) is 13.8 Å². The summed E-state index contributed by atoms with van der Waals surface area (Å²) in [6.45, 7) is 7.87. The van der Waals surface area contributed by atoms with Gasteiger partial charge in [-0.25, -0.2) is 0 Å². The number of methoxy groups -OCH3 is 1. The van der Waals surface area contributed by atoms with Gasteiger partial charge in [-0.15, -0.1) is 0 Å². The number of carboxylic acid groups (broad SMARTS) is 1. The molecular weight excluding hydrogens is 432 g/mol. The van der Waals surface area contributed by atoms with Crippen LogP contribution in [-0.2, 0) is 28.7 Å². The Morgan fingerprint density at radius 2 is 1.97 bits per heavy atom. The lowest BCUT2D eigenvalue weighted by Crippen LogP contribution is -2.64. The van der Waals surface area contributed by atoms with Crippen molar-refractivity contribution in [3.63, 3.8) is 0 Å². The van der Waals surface area contributed by atoms with Gasteiger partial charge in [0.25, 0.3) is 0 Å². The molecule has 3 amide bonds. The second-order valence-corrected chi connectivity index (χ2v) is 7.67. The van der Waals surface area contributed by atoms with Gasteiger partial charge in [0.05, 0.1) is 19.6 Å². The van der Waals surface area contributed by atoms with Gasteiger partial charge in [-0.05, 0) is 18.1 Å². The normalized spacial score (nSPS) is 18.4. The maximum Gasteiger partial charge on any atom is 0.305 e. The fourth-order valence-electron chi connectivity index (χ4n) is 3.15. The van der Waals surface area contributed by atoms with Gasteiger partial charge >= 0.3 is 5.97 Å². The highest BCUT2D eigenvalue weighted by molar-refractivity contribution is 5.95. The van der Waals surface area contributed by atoms with E-state index in [4.69, 9.17) is 9.84 Å². The van der Waals surface area contributed by atoms with Crippen molar-refractivity contribution in [3.8, 4) is 0 Å². The molecule has 1 aliphatic heterocycles. The summed E-state index contributed by atoms with van der Waals surface area (Å²) in [5.41, 5.74) is 0. The number of ether oxygens (including phenoxy) is 1. The predicted molar refractivity (Wildman–Crippen MR) is 120 cm³/mol. The van der Waals surface area contributed by atoms with Crippen molar-refractivity contribution in [2.24, 2.45) is 5.92 Å². The molecule has 182 valence electrons. The number of hydrogen-bond donors (Lipinski definition) is 4. The Morgan fingerprint density at radius 1 is 1.27 bits per heavy atom. The van der Waals surface area contributed by atoms with E-state index in [0.717, 1.165) is 0 Å². The monoisotopic (exact) mass is 464 g/mol. The number of carboxylic acids is 1. The number of aliphatic carboxylic acids is 1. The molecule has 4 N–H and O–H groups in total. The number of rotatable bonds is 12. The highest BCUT2D eigenvalue weighted by atomic mass is 16.5. The molecule has 1 saturated heterocycles. The molecule has 33 heavy (non-hydrogen) atoms. The van der Waals surface area contributed by atoms with Gasteiger partial charge in [-0.1, -0.05) is 26.5 Å². The van der Waals surface area contributed by atoms with Crippen LogP contribution in [0.15, 0.2) is 36.6 Å². The third-order valence-corrected chi connectivity index (χ3v) is 4.89. The van der Waals surface area contributed by atoms with Crippen LogP contribution in [-0.4, -0.2) is 84.9 Å². The minimum Gasteiger partial charge on any atom is -0.497 e. The minimum absolute atomic E-state index is 0.126. The van der Waals surface area contributed by atoms with Gasteiger partial charge in [0.1, 0.15) is 24.1 Å². The topological polar surface area (TPSA) is 154 Å². The maximum atomic E-state index is 13.3. The zero-order valence-corrected chi connectivity index (χ0v) is 19.1. The van der Waals surface area contributed by atoms with Crippen LogP contribution in [0.25, 0.3) is 0 Å². The van der Waals surface area contributed by atoms with Crippen LogP contribution in [0.5, 0.6) is 0 Å². The first-order valence-corrected chi connectivity index (χ1v) is 10.5. The summed E-state index contributed by atoms with van der Waals surface area (Å²) in [5, 5.41) is 16.9. The number of carbonyl (C=O) groups excluding carboxylic acids is 4. The Bertz CT molecular complexity index is 807. The highest BCUT2D eigenvalue weighted by Gasteiger charge is 2.37. The van der Waals surface area contributed by atoms with E-state index in [1.807, 2.05) is 0 Å². The molecule has 1 aliphatic rings. The largest absolute Gasteiger partial charge is 0.497 e. The van der Waals surface area contributed by atoms with Crippen molar-refractivity contribution in [1.29, 1.82) is 0 Å². The predicted octanol–water partition coefficient (Wildman–Crippen LogP) is -0.641. The second kappa shape index (κ2) is 13.8. The number of amides is 3. The molecule has 0 bridgehead atoms. The SMILES string of the molecule is C=C/C(=C\C=C\C(=O)N[C@H](C(=O)N1CCNC[C@H]1C(=O)N[C@H](C=O)CC(=O)O)C(C)C)OC. The first kappa shape index (κ1) is 27.6. The van der Waals surface area contributed by atoms with Gasteiger partial charge < -0.3 is 35.5 Å². The zero-order chi connectivity index (χ0) is 25.0. The van der Waals surface area contributed by atoms with E-state index in [9.17, 15) is 24.0 Å². The highest BCUT2D eigenvalue weighted by Crippen LogP contribution is 2.12. The Kier molecular flexibility index (Phi) is 11.6. The molecule has 0 aromatic rings. The molecule has 0 spiro atoms. The van der Waals surface area contributed by atoms with E-state index >= 15 is 0 Å². The van der Waals surface area contributed by atoms with Crippen LogP contribution in [0.4, 0.5) is 0 Å². The summed E-state index contributed by atoms with van der Waals surface area (Å²) >= 11 is 0. The van der Waals surface area contributed by atoms with Crippen LogP contribution in [0, 0.1) is 5.92 Å². The molecule has 0 aromatic carbocycles. The van der Waals surface area contributed by atoms with Crippen molar-refractivity contribution in [2.45, 2.75) is 38.4 Å². The summed E-state index contributed by atoms with van der Waals surface area (Å²) in [6.07, 6.45) is 5.49. The smallest absolute Gasteiger partial charge is 0.305 e. The molecule has 3 atom stereocenters. The lowest BCUT2D eigenvalue weighted by molar-refractivity contribution is -0.145. The van der Waals surface area contributed by atoms with Crippen molar-refractivity contribution in [1.82, 2.24) is 20.9 Å². The third kappa shape index (κ3) is 8.89. The fraction of sp³-hybridized carbons (Fsp3) is 0.500. The van der Waals surface area contributed by atoms with Crippen molar-refractivity contribution in [2.75, 3.05) is 26.7 Å². The molecule has 11 nitrogen and oxygen atoms in total. The number of piperazine rings is 1. The van der Waals surface area contributed by atoms with Crippen LogP contribution in [0.3, 0.4) is 0 Å². The van der Waals surface area contributed by atoms with Crippen LogP contribution in [0.2, 0.25) is 0 Å². The van der Waals surface area contributed by atoms with E-state index in [-0.39, 0.29) is 19.0 Å². The number of aldehydes is 1. The molecule has 0 unspecified atom stereocenters. The van der Waals surface area contributed by atoms with Crippen molar-refractivity contribution < 1.29 is 33.8 Å². The Labute approximate surface area is 192 Å². The molecule has 1 heterocycles. The number of nitrogens with one attached hydrogen (secondary N) is 3. The lowest BCUT2D eigenvalue weighted by Gasteiger charge is -2.38. The molecule has 0 aromatic heterocycles. The summed E-state index contributed by atoms with van der Waals surface area (Å²) in [7, 11) is 1.47. The average Bonchev–Trinajstić information content (AvgIpc) is 2.78. The Balaban J connectivity index is 2.96. The molecule has 1 rings (SSSR count). The summed E-state index contributed by atoms with van der Waals surface area (Å²) < 4.78 is 5.01. The molecule has 0 saturated carbocycles. The third-order valence-electron chi connectivity index (χ3n) is 4.89. The molecule has 11 heteroatoms. The molecule has 0 radical (unpaired) electrons. The van der Waals surface area contributed by atoms with E-state index in [1.165, 1.54) is 36.3 Å². The number of hydrogen-bond acceptors (Lipinski definition) is 7. The molecular formula is C22H32N4O7.